The number of hydrogen-bond acceptors (Lipinski definition) is 4. The van der Waals surface area contributed by atoms with E-state index in [-0.39, 0.29) is 10.7 Å². The van der Waals surface area contributed by atoms with E-state index in [1.54, 1.807) is 30.0 Å². The fourth-order valence-electron chi connectivity index (χ4n) is 2.40. The molecule has 6 heteroatoms. The average molecular weight is 324 g/mol. The molecule has 1 fully saturated rings. The van der Waals surface area contributed by atoms with E-state index >= 15 is 0 Å². The van der Waals surface area contributed by atoms with Crippen LogP contribution in [0, 0.1) is 11.3 Å². The third kappa shape index (κ3) is 4.37. The van der Waals surface area contributed by atoms with Crippen molar-refractivity contribution in [2.75, 3.05) is 31.2 Å². The second kappa shape index (κ2) is 7.17. The number of halogens is 1. The SMILES string of the molecule is CSC1(C#N)CCN(CC(=O)Nc2cccc(Cl)c2)CC1. The number of thioether (sulfide) groups is 1. The molecule has 112 valence electrons. The number of hydrogen-bond donors (Lipinski definition) is 1. The Bertz CT molecular complexity index is 550. The van der Waals surface area contributed by atoms with Crippen LogP contribution in [0.3, 0.4) is 0 Å². The minimum atomic E-state index is -0.278. The molecule has 1 saturated heterocycles. The Morgan fingerprint density at radius 1 is 1.52 bits per heavy atom. The van der Waals surface area contributed by atoms with Gasteiger partial charge in [0.2, 0.25) is 5.91 Å². The summed E-state index contributed by atoms with van der Waals surface area (Å²) in [5.41, 5.74) is 0.708. The molecular formula is C15H18ClN3OS. The van der Waals surface area contributed by atoms with Crippen LogP contribution in [0.25, 0.3) is 0 Å². The summed E-state index contributed by atoms with van der Waals surface area (Å²) in [6, 6.07) is 9.52. The number of likely N-dealkylation sites (tertiary alicyclic amines) is 1. The minimum Gasteiger partial charge on any atom is -0.325 e. The highest BCUT2D eigenvalue weighted by Crippen LogP contribution is 2.33. The molecule has 1 amide bonds. The second-order valence-electron chi connectivity index (χ2n) is 5.14. The second-order valence-corrected chi connectivity index (χ2v) is 6.77. The lowest BCUT2D eigenvalue weighted by molar-refractivity contribution is -0.117. The number of anilines is 1. The monoisotopic (exact) mass is 323 g/mol. The number of carbonyl (C=O) groups is 1. The summed E-state index contributed by atoms with van der Waals surface area (Å²) in [4.78, 5) is 14.1. The van der Waals surface area contributed by atoms with Crippen LogP contribution < -0.4 is 5.32 Å². The van der Waals surface area contributed by atoms with Crippen LogP contribution in [-0.4, -0.2) is 41.4 Å². The molecule has 2 rings (SSSR count). The smallest absolute Gasteiger partial charge is 0.238 e. The molecule has 0 bridgehead atoms. The summed E-state index contributed by atoms with van der Waals surface area (Å²) in [6.07, 6.45) is 3.58. The first-order chi connectivity index (χ1) is 10.1. The summed E-state index contributed by atoms with van der Waals surface area (Å²) >= 11 is 7.50. The van der Waals surface area contributed by atoms with E-state index in [9.17, 15) is 10.1 Å². The first-order valence-electron chi connectivity index (χ1n) is 6.81. The topological polar surface area (TPSA) is 56.1 Å². The average Bonchev–Trinajstić information content (AvgIpc) is 2.48. The Morgan fingerprint density at radius 2 is 2.24 bits per heavy atom. The van der Waals surface area contributed by atoms with Crippen molar-refractivity contribution in [2.45, 2.75) is 17.6 Å². The van der Waals surface area contributed by atoms with Gasteiger partial charge in [0.05, 0.1) is 12.6 Å². The van der Waals surface area contributed by atoms with Crippen molar-refractivity contribution in [3.8, 4) is 6.07 Å². The molecular weight excluding hydrogens is 306 g/mol. The maximum absolute atomic E-state index is 12.0. The largest absolute Gasteiger partial charge is 0.325 e. The van der Waals surface area contributed by atoms with Gasteiger partial charge in [0.1, 0.15) is 4.75 Å². The van der Waals surface area contributed by atoms with Gasteiger partial charge in [0, 0.05) is 23.8 Å². The molecule has 1 aliphatic rings. The first kappa shape index (κ1) is 16.2. The summed E-state index contributed by atoms with van der Waals surface area (Å²) in [7, 11) is 0. The van der Waals surface area contributed by atoms with E-state index in [1.165, 1.54) is 0 Å². The predicted octanol–water partition coefficient (Wildman–Crippen LogP) is 3.00. The van der Waals surface area contributed by atoms with Crippen LogP contribution in [0.2, 0.25) is 5.02 Å². The molecule has 4 nitrogen and oxygen atoms in total. The molecule has 1 aromatic carbocycles. The van der Waals surface area contributed by atoms with Gasteiger partial charge < -0.3 is 5.32 Å². The Hall–Kier alpha value is -1.22. The Balaban J connectivity index is 1.84. The lowest BCUT2D eigenvalue weighted by Gasteiger charge is -2.35. The van der Waals surface area contributed by atoms with Crippen LogP contribution in [0.4, 0.5) is 5.69 Å². The van der Waals surface area contributed by atoms with Crippen molar-refractivity contribution in [1.82, 2.24) is 4.90 Å². The molecule has 0 spiro atoms. The molecule has 1 aliphatic heterocycles. The Kier molecular flexibility index (Phi) is 5.51. The fraction of sp³-hybridized carbons (Fsp3) is 0.467. The predicted molar refractivity (Wildman–Crippen MR) is 87.6 cm³/mol. The zero-order valence-corrected chi connectivity index (χ0v) is 13.5. The van der Waals surface area contributed by atoms with E-state index in [1.807, 2.05) is 12.3 Å². The van der Waals surface area contributed by atoms with Gasteiger partial charge in [-0.3, -0.25) is 9.69 Å². The molecule has 1 aromatic rings. The highest BCUT2D eigenvalue weighted by molar-refractivity contribution is 8.00. The Morgan fingerprint density at radius 3 is 2.81 bits per heavy atom. The van der Waals surface area contributed by atoms with Crippen molar-refractivity contribution in [1.29, 1.82) is 5.26 Å². The molecule has 0 atom stereocenters. The van der Waals surface area contributed by atoms with Gasteiger partial charge in [0.15, 0.2) is 0 Å². The molecule has 21 heavy (non-hydrogen) atoms. The number of benzene rings is 1. The van der Waals surface area contributed by atoms with E-state index in [4.69, 9.17) is 11.6 Å². The highest BCUT2D eigenvalue weighted by atomic mass is 35.5. The zero-order valence-electron chi connectivity index (χ0n) is 11.9. The van der Waals surface area contributed by atoms with E-state index in [2.05, 4.69) is 16.3 Å². The third-order valence-corrected chi connectivity index (χ3v) is 5.25. The van der Waals surface area contributed by atoms with E-state index in [0.717, 1.165) is 25.9 Å². The van der Waals surface area contributed by atoms with Crippen molar-refractivity contribution >= 4 is 35.0 Å². The first-order valence-corrected chi connectivity index (χ1v) is 8.41. The number of piperidine rings is 1. The summed E-state index contributed by atoms with van der Waals surface area (Å²) in [5, 5.41) is 12.7. The van der Waals surface area contributed by atoms with Crippen molar-refractivity contribution in [3.05, 3.63) is 29.3 Å². The van der Waals surface area contributed by atoms with Crippen LogP contribution in [0.1, 0.15) is 12.8 Å². The quantitative estimate of drug-likeness (QED) is 0.925. The van der Waals surface area contributed by atoms with Crippen LogP contribution in [-0.2, 0) is 4.79 Å². The van der Waals surface area contributed by atoms with Gasteiger partial charge in [-0.2, -0.15) is 5.26 Å². The van der Waals surface area contributed by atoms with Gasteiger partial charge in [-0.05, 0) is 37.3 Å². The molecule has 0 aromatic heterocycles. The molecule has 0 aliphatic carbocycles. The number of nitriles is 1. The van der Waals surface area contributed by atoms with Gasteiger partial charge in [0.25, 0.3) is 0 Å². The molecule has 1 heterocycles. The van der Waals surface area contributed by atoms with E-state index < -0.39 is 0 Å². The van der Waals surface area contributed by atoms with Gasteiger partial charge in [-0.25, -0.2) is 0 Å². The van der Waals surface area contributed by atoms with Crippen LogP contribution in [0.5, 0.6) is 0 Å². The van der Waals surface area contributed by atoms with Crippen LogP contribution >= 0.6 is 23.4 Å². The number of nitrogens with zero attached hydrogens (tertiary/aromatic N) is 2. The fourth-order valence-corrected chi connectivity index (χ4v) is 3.28. The van der Waals surface area contributed by atoms with Crippen LogP contribution in [0.15, 0.2) is 24.3 Å². The van der Waals surface area contributed by atoms with Crippen molar-refractivity contribution in [3.63, 3.8) is 0 Å². The summed E-state index contributed by atoms with van der Waals surface area (Å²) in [6.45, 7) is 1.90. The normalized spacial score (nSPS) is 18.0. The summed E-state index contributed by atoms with van der Waals surface area (Å²) < 4.78 is -0.278. The standard InChI is InChI=1S/C15H18ClN3OS/c1-21-15(11-17)5-7-19(8-6-15)10-14(20)18-13-4-2-3-12(16)9-13/h2-4,9H,5-8,10H2,1H3,(H,18,20). The third-order valence-electron chi connectivity index (χ3n) is 3.73. The van der Waals surface area contributed by atoms with Crippen molar-refractivity contribution in [2.24, 2.45) is 0 Å². The lowest BCUT2D eigenvalue weighted by atomic mass is 9.97. The summed E-state index contributed by atoms with van der Waals surface area (Å²) in [5.74, 6) is -0.0501. The number of carbonyl (C=O) groups excluding carboxylic acids is 1. The number of amides is 1. The Labute approximate surface area is 134 Å². The van der Waals surface area contributed by atoms with Crippen molar-refractivity contribution < 1.29 is 4.79 Å². The van der Waals surface area contributed by atoms with Gasteiger partial charge in [-0.15, -0.1) is 11.8 Å². The number of nitrogens with one attached hydrogen (secondary N) is 1. The van der Waals surface area contributed by atoms with Gasteiger partial charge >= 0.3 is 0 Å². The zero-order chi connectivity index (χ0) is 15.3. The molecule has 0 saturated carbocycles. The molecule has 1 N–H and O–H groups in total. The van der Waals surface area contributed by atoms with Gasteiger partial charge in [-0.1, -0.05) is 17.7 Å². The minimum absolute atomic E-state index is 0.0501. The molecule has 0 unspecified atom stereocenters. The highest BCUT2D eigenvalue weighted by Gasteiger charge is 2.34. The maximum atomic E-state index is 12.0. The lowest BCUT2D eigenvalue weighted by Crippen LogP contribution is -2.44. The maximum Gasteiger partial charge on any atom is 0.238 e. The molecule has 0 radical (unpaired) electrons. The van der Waals surface area contributed by atoms with E-state index in [0.29, 0.717) is 17.3 Å². The number of rotatable bonds is 4.